The Balaban J connectivity index is 2.11. The number of aliphatic hydroxyl groups excluding tert-OH is 1. The van der Waals surface area contributed by atoms with E-state index in [2.05, 4.69) is 5.10 Å². The SMILES string of the molecule is O=[N+]([O-])c1cnn(CCC2CC2)c1CO. The Hall–Kier alpha value is -1.43. The van der Waals surface area contributed by atoms with Gasteiger partial charge in [0.15, 0.2) is 0 Å². The van der Waals surface area contributed by atoms with E-state index in [1.807, 2.05) is 0 Å². The molecule has 6 heteroatoms. The molecule has 0 bridgehead atoms. The number of aryl methyl sites for hydroxylation is 1. The van der Waals surface area contributed by atoms with Gasteiger partial charge in [-0.3, -0.25) is 14.8 Å². The third-order valence-electron chi connectivity index (χ3n) is 2.72. The number of nitrogens with zero attached hydrogens (tertiary/aromatic N) is 3. The summed E-state index contributed by atoms with van der Waals surface area (Å²) in [5.74, 6) is 0.750. The summed E-state index contributed by atoms with van der Waals surface area (Å²) in [5, 5.41) is 23.6. The molecule has 1 aliphatic carbocycles. The van der Waals surface area contributed by atoms with E-state index >= 15 is 0 Å². The van der Waals surface area contributed by atoms with E-state index in [0.717, 1.165) is 12.3 Å². The zero-order chi connectivity index (χ0) is 10.8. The summed E-state index contributed by atoms with van der Waals surface area (Å²) in [7, 11) is 0. The van der Waals surface area contributed by atoms with Crippen molar-refractivity contribution in [2.24, 2.45) is 5.92 Å². The molecule has 0 unspecified atom stereocenters. The van der Waals surface area contributed by atoms with Crippen LogP contribution in [0.4, 0.5) is 5.69 Å². The normalized spacial score (nSPS) is 15.5. The Morgan fingerprint density at radius 1 is 1.67 bits per heavy atom. The van der Waals surface area contributed by atoms with Crippen LogP contribution < -0.4 is 0 Å². The topological polar surface area (TPSA) is 81.2 Å². The van der Waals surface area contributed by atoms with E-state index in [1.54, 1.807) is 0 Å². The number of aliphatic hydroxyl groups is 1. The van der Waals surface area contributed by atoms with Crippen molar-refractivity contribution in [3.05, 3.63) is 22.0 Å². The van der Waals surface area contributed by atoms with Crippen molar-refractivity contribution in [2.75, 3.05) is 0 Å². The summed E-state index contributed by atoms with van der Waals surface area (Å²) in [5.41, 5.74) is 0.217. The molecule has 15 heavy (non-hydrogen) atoms. The Bertz CT molecular complexity index is 371. The average Bonchev–Trinajstić information content (AvgIpc) is 2.93. The lowest BCUT2D eigenvalue weighted by atomic mass is 10.3. The van der Waals surface area contributed by atoms with Crippen molar-refractivity contribution in [3.63, 3.8) is 0 Å². The van der Waals surface area contributed by atoms with Crippen LogP contribution in [0.15, 0.2) is 6.20 Å². The second-order valence-electron chi connectivity index (χ2n) is 3.85. The van der Waals surface area contributed by atoms with Gasteiger partial charge < -0.3 is 5.11 Å². The van der Waals surface area contributed by atoms with Crippen LogP contribution in [0, 0.1) is 16.0 Å². The molecule has 1 aromatic rings. The highest BCUT2D eigenvalue weighted by atomic mass is 16.6. The highest BCUT2D eigenvalue weighted by Gasteiger charge is 2.23. The summed E-state index contributed by atoms with van der Waals surface area (Å²) in [6, 6.07) is 0. The van der Waals surface area contributed by atoms with Gasteiger partial charge in [0.2, 0.25) is 0 Å². The van der Waals surface area contributed by atoms with Crippen LogP contribution >= 0.6 is 0 Å². The maximum Gasteiger partial charge on any atom is 0.312 e. The van der Waals surface area contributed by atoms with E-state index < -0.39 is 4.92 Å². The highest BCUT2D eigenvalue weighted by Crippen LogP contribution is 2.33. The molecule has 1 aliphatic rings. The number of rotatable bonds is 5. The van der Waals surface area contributed by atoms with Crippen molar-refractivity contribution in [3.8, 4) is 0 Å². The van der Waals surface area contributed by atoms with Gasteiger partial charge in [-0.2, -0.15) is 5.10 Å². The van der Waals surface area contributed by atoms with Gasteiger partial charge in [-0.05, 0) is 12.3 Å². The third-order valence-corrected chi connectivity index (χ3v) is 2.72. The summed E-state index contributed by atoms with van der Waals surface area (Å²) in [6.07, 6.45) is 4.69. The van der Waals surface area contributed by atoms with Gasteiger partial charge in [-0.15, -0.1) is 0 Å². The molecule has 0 saturated heterocycles. The minimum atomic E-state index is -0.508. The fourth-order valence-corrected chi connectivity index (χ4v) is 1.62. The second kappa shape index (κ2) is 3.98. The van der Waals surface area contributed by atoms with Crippen LogP contribution in [0.2, 0.25) is 0 Å². The number of hydrogen-bond acceptors (Lipinski definition) is 4. The van der Waals surface area contributed by atoms with Crippen LogP contribution in [-0.4, -0.2) is 19.8 Å². The largest absolute Gasteiger partial charge is 0.390 e. The Kier molecular flexibility index (Phi) is 2.68. The van der Waals surface area contributed by atoms with E-state index in [1.165, 1.54) is 23.7 Å². The molecule has 1 saturated carbocycles. The molecule has 0 amide bonds. The quantitative estimate of drug-likeness (QED) is 0.583. The maximum absolute atomic E-state index is 10.6. The summed E-state index contributed by atoms with van der Waals surface area (Å²) in [6.45, 7) is 0.329. The predicted molar refractivity (Wildman–Crippen MR) is 52.1 cm³/mol. The number of aromatic nitrogens is 2. The molecule has 1 N–H and O–H groups in total. The standard InChI is InChI=1S/C9H13N3O3/c13-6-9-8(12(14)15)5-10-11(9)4-3-7-1-2-7/h5,7,13H,1-4,6H2. The predicted octanol–water partition coefficient (Wildman–Crippen LogP) is 1.08. The molecule has 1 heterocycles. The third kappa shape index (κ3) is 2.15. The smallest absolute Gasteiger partial charge is 0.312 e. The molecule has 0 aromatic carbocycles. The Morgan fingerprint density at radius 2 is 2.40 bits per heavy atom. The Morgan fingerprint density at radius 3 is 2.93 bits per heavy atom. The van der Waals surface area contributed by atoms with Gasteiger partial charge in [0.05, 0.1) is 11.5 Å². The van der Waals surface area contributed by atoms with Crippen molar-refractivity contribution in [1.82, 2.24) is 9.78 Å². The van der Waals surface area contributed by atoms with Crippen LogP contribution in [0.25, 0.3) is 0 Å². The minimum Gasteiger partial charge on any atom is -0.390 e. The average molecular weight is 211 g/mol. The molecule has 1 fully saturated rings. The minimum absolute atomic E-state index is 0.0895. The van der Waals surface area contributed by atoms with Gasteiger partial charge in [0, 0.05) is 6.54 Å². The zero-order valence-corrected chi connectivity index (χ0v) is 8.30. The lowest BCUT2D eigenvalue weighted by molar-refractivity contribution is -0.386. The van der Waals surface area contributed by atoms with E-state index in [0.29, 0.717) is 12.2 Å². The summed E-state index contributed by atoms with van der Waals surface area (Å²) < 4.78 is 1.54. The summed E-state index contributed by atoms with van der Waals surface area (Å²) in [4.78, 5) is 10.1. The molecule has 82 valence electrons. The van der Waals surface area contributed by atoms with Crippen LogP contribution in [-0.2, 0) is 13.2 Å². The fourth-order valence-electron chi connectivity index (χ4n) is 1.62. The monoisotopic (exact) mass is 211 g/mol. The molecular formula is C9H13N3O3. The van der Waals surface area contributed by atoms with Gasteiger partial charge in [0.1, 0.15) is 11.9 Å². The molecule has 1 aromatic heterocycles. The van der Waals surface area contributed by atoms with Crippen LogP contribution in [0.3, 0.4) is 0 Å². The van der Waals surface area contributed by atoms with Gasteiger partial charge in [0.25, 0.3) is 0 Å². The fraction of sp³-hybridized carbons (Fsp3) is 0.667. The van der Waals surface area contributed by atoms with E-state index in [4.69, 9.17) is 5.11 Å². The molecule has 0 spiro atoms. The molecule has 0 aliphatic heterocycles. The highest BCUT2D eigenvalue weighted by molar-refractivity contribution is 5.32. The van der Waals surface area contributed by atoms with Crippen molar-refractivity contribution in [1.29, 1.82) is 0 Å². The van der Waals surface area contributed by atoms with Crippen molar-refractivity contribution >= 4 is 5.69 Å². The molecule has 2 rings (SSSR count). The van der Waals surface area contributed by atoms with Crippen LogP contribution in [0.5, 0.6) is 0 Å². The number of nitro groups is 1. The van der Waals surface area contributed by atoms with Crippen molar-refractivity contribution < 1.29 is 10.0 Å². The lowest BCUT2D eigenvalue weighted by Gasteiger charge is -2.03. The van der Waals surface area contributed by atoms with E-state index in [-0.39, 0.29) is 12.3 Å². The van der Waals surface area contributed by atoms with Crippen LogP contribution in [0.1, 0.15) is 25.0 Å². The zero-order valence-electron chi connectivity index (χ0n) is 8.30. The molecular weight excluding hydrogens is 198 g/mol. The maximum atomic E-state index is 10.6. The first-order valence-electron chi connectivity index (χ1n) is 5.02. The van der Waals surface area contributed by atoms with E-state index in [9.17, 15) is 10.1 Å². The number of hydrogen-bond donors (Lipinski definition) is 1. The second-order valence-corrected chi connectivity index (χ2v) is 3.85. The van der Waals surface area contributed by atoms with Gasteiger partial charge in [-0.1, -0.05) is 12.8 Å². The Labute approximate surface area is 86.7 Å². The first kappa shape index (κ1) is 10.1. The molecule has 0 atom stereocenters. The first-order chi connectivity index (χ1) is 7.22. The molecule has 0 radical (unpaired) electrons. The first-order valence-corrected chi connectivity index (χ1v) is 5.02. The van der Waals surface area contributed by atoms with Gasteiger partial charge in [-0.25, -0.2) is 0 Å². The van der Waals surface area contributed by atoms with Gasteiger partial charge >= 0.3 is 5.69 Å². The summed E-state index contributed by atoms with van der Waals surface area (Å²) >= 11 is 0. The molecule has 6 nitrogen and oxygen atoms in total. The lowest BCUT2D eigenvalue weighted by Crippen LogP contribution is -2.06. The van der Waals surface area contributed by atoms with Crippen molar-refractivity contribution in [2.45, 2.75) is 32.4 Å².